The van der Waals surface area contributed by atoms with E-state index in [1.807, 2.05) is 42.1 Å². The highest BCUT2D eigenvalue weighted by Crippen LogP contribution is 2.28. The maximum Gasteiger partial charge on any atom is 0.220 e. The fraction of sp³-hybridized carbons (Fsp3) is 0.562. The van der Waals surface area contributed by atoms with E-state index in [1.54, 1.807) is 0 Å². The predicted octanol–water partition coefficient (Wildman–Crippen LogP) is 2.87. The minimum absolute atomic E-state index is 0.0514. The molecule has 110 valence electrons. The molecule has 2 rings (SSSR count). The topological polar surface area (TPSA) is 55.1 Å². The maximum absolute atomic E-state index is 12.0. The van der Waals surface area contributed by atoms with Gasteiger partial charge in [-0.15, -0.1) is 0 Å². The zero-order valence-electron chi connectivity index (χ0n) is 12.0. The molecule has 0 radical (unpaired) electrons. The molecule has 3 atom stereocenters. The lowest BCUT2D eigenvalue weighted by molar-refractivity contribution is -0.121. The van der Waals surface area contributed by atoms with Crippen molar-refractivity contribution in [3.8, 4) is 0 Å². The molecule has 0 heterocycles. The van der Waals surface area contributed by atoms with Crippen LogP contribution < -0.4 is 11.1 Å². The fourth-order valence-corrected chi connectivity index (χ4v) is 3.54. The third-order valence-corrected chi connectivity index (χ3v) is 5.09. The molecule has 1 fully saturated rings. The number of hydrogen-bond donors (Lipinski definition) is 2. The van der Waals surface area contributed by atoms with Crippen molar-refractivity contribution in [3.63, 3.8) is 0 Å². The Kier molecular flexibility index (Phi) is 5.92. The van der Waals surface area contributed by atoms with Crippen LogP contribution in [0.25, 0.3) is 0 Å². The number of amides is 1. The highest BCUT2D eigenvalue weighted by atomic mass is 32.2. The van der Waals surface area contributed by atoms with Crippen LogP contribution in [0.2, 0.25) is 0 Å². The monoisotopic (exact) mass is 292 g/mol. The Morgan fingerprint density at radius 1 is 1.40 bits per heavy atom. The molecule has 3 unspecified atom stereocenters. The molecule has 1 aromatic rings. The van der Waals surface area contributed by atoms with Gasteiger partial charge in [0.1, 0.15) is 0 Å². The summed E-state index contributed by atoms with van der Waals surface area (Å²) in [6.07, 6.45) is 6.80. The highest BCUT2D eigenvalue weighted by Gasteiger charge is 2.25. The van der Waals surface area contributed by atoms with Crippen molar-refractivity contribution >= 4 is 17.7 Å². The van der Waals surface area contributed by atoms with E-state index < -0.39 is 0 Å². The molecule has 0 spiro atoms. The van der Waals surface area contributed by atoms with E-state index >= 15 is 0 Å². The first-order valence-corrected chi connectivity index (χ1v) is 8.60. The van der Waals surface area contributed by atoms with Crippen LogP contribution in [0.5, 0.6) is 0 Å². The van der Waals surface area contributed by atoms with Gasteiger partial charge >= 0.3 is 0 Å². The number of rotatable bonds is 6. The summed E-state index contributed by atoms with van der Waals surface area (Å²) in [4.78, 5) is 12.0. The van der Waals surface area contributed by atoms with Gasteiger partial charge in [-0.2, -0.15) is 11.8 Å². The van der Waals surface area contributed by atoms with Crippen LogP contribution in [-0.2, 0) is 4.79 Å². The molecular weight excluding hydrogens is 268 g/mol. The molecule has 1 aliphatic carbocycles. The van der Waals surface area contributed by atoms with Crippen molar-refractivity contribution in [1.82, 2.24) is 5.32 Å². The summed E-state index contributed by atoms with van der Waals surface area (Å²) >= 11 is 1.91. The highest BCUT2D eigenvalue weighted by molar-refractivity contribution is 7.99. The van der Waals surface area contributed by atoms with E-state index in [1.165, 1.54) is 6.42 Å². The third-order valence-electron chi connectivity index (χ3n) is 3.99. The minimum Gasteiger partial charge on any atom is -0.353 e. The second-order valence-corrected chi connectivity index (χ2v) is 6.63. The summed E-state index contributed by atoms with van der Waals surface area (Å²) in [6.45, 7) is 0. The van der Waals surface area contributed by atoms with Gasteiger partial charge in [0.15, 0.2) is 0 Å². The van der Waals surface area contributed by atoms with Crippen molar-refractivity contribution in [3.05, 3.63) is 35.9 Å². The standard InChI is InChI=1S/C16H24N2OS/c1-20-14-8-7-13(11-14)18-16(19)10-9-15(17)12-5-3-2-4-6-12/h2-6,13-15H,7-11,17H2,1H3,(H,18,19). The molecule has 1 aromatic carbocycles. The minimum atomic E-state index is -0.0514. The molecule has 0 bridgehead atoms. The van der Waals surface area contributed by atoms with E-state index in [0.717, 1.165) is 18.4 Å². The van der Waals surface area contributed by atoms with Gasteiger partial charge in [-0.05, 0) is 37.5 Å². The van der Waals surface area contributed by atoms with E-state index in [9.17, 15) is 4.79 Å². The van der Waals surface area contributed by atoms with Crippen LogP contribution >= 0.6 is 11.8 Å². The maximum atomic E-state index is 12.0. The second-order valence-electron chi connectivity index (χ2n) is 5.49. The van der Waals surface area contributed by atoms with Crippen LogP contribution in [0.1, 0.15) is 43.7 Å². The van der Waals surface area contributed by atoms with Gasteiger partial charge in [0.25, 0.3) is 0 Å². The molecule has 0 aromatic heterocycles. The number of carbonyl (C=O) groups is 1. The van der Waals surface area contributed by atoms with Crippen LogP contribution in [0, 0.1) is 0 Å². The fourth-order valence-electron chi connectivity index (χ4n) is 2.74. The van der Waals surface area contributed by atoms with E-state index in [-0.39, 0.29) is 11.9 Å². The van der Waals surface area contributed by atoms with Gasteiger partial charge < -0.3 is 11.1 Å². The molecule has 20 heavy (non-hydrogen) atoms. The van der Waals surface area contributed by atoms with Gasteiger partial charge in [-0.25, -0.2) is 0 Å². The molecule has 1 saturated carbocycles. The Labute approximate surface area is 125 Å². The Hall–Kier alpha value is -1.00. The Bertz CT molecular complexity index is 424. The summed E-state index contributed by atoms with van der Waals surface area (Å²) in [6, 6.07) is 10.3. The molecule has 0 saturated heterocycles. The largest absolute Gasteiger partial charge is 0.353 e. The summed E-state index contributed by atoms with van der Waals surface area (Å²) in [5.74, 6) is 0.142. The molecule has 3 N–H and O–H groups in total. The second kappa shape index (κ2) is 7.70. The normalized spacial score (nSPS) is 23.5. The predicted molar refractivity (Wildman–Crippen MR) is 85.7 cm³/mol. The van der Waals surface area contributed by atoms with E-state index in [4.69, 9.17) is 5.73 Å². The van der Waals surface area contributed by atoms with Gasteiger partial charge in [-0.3, -0.25) is 4.79 Å². The Morgan fingerprint density at radius 3 is 2.80 bits per heavy atom. The first-order chi connectivity index (χ1) is 9.69. The lowest BCUT2D eigenvalue weighted by atomic mass is 10.0. The number of thioether (sulfide) groups is 1. The number of benzene rings is 1. The Balaban J connectivity index is 1.70. The number of nitrogens with one attached hydrogen (secondary N) is 1. The van der Waals surface area contributed by atoms with Crippen LogP contribution in [0.3, 0.4) is 0 Å². The van der Waals surface area contributed by atoms with Gasteiger partial charge in [0, 0.05) is 23.8 Å². The summed E-state index contributed by atoms with van der Waals surface area (Å²) in [5.41, 5.74) is 7.21. The Morgan fingerprint density at radius 2 is 2.15 bits per heavy atom. The van der Waals surface area contributed by atoms with Gasteiger partial charge in [-0.1, -0.05) is 30.3 Å². The summed E-state index contributed by atoms with van der Waals surface area (Å²) in [7, 11) is 0. The average molecular weight is 292 g/mol. The first-order valence-electron chi connectivity index (χ1n) is 7.31. The molecule has 3 nitrogen and oxygen atoms in total. The zero-order valence-corrected chi connectivity index (χ0v) is 12.9. The van der Waals surface area contributed by atoms with Gasteiger partial charge in [0.05, 0.1) is 0 Å². The zero-order chi connectivity index (χ0) is 14.4. The molecule has 0 aliphatic heterocycles. The molecule has 4 heteroatoms. The van der Waals surface area contributed by atoms with Crippen LogP contribution in [0.4, 0.5) is 0 Å². The quantitative estimate of drug-likeness (QED) is 0.847. The van der Waals surface area contributed by atoms with Crippen molar-refractivity contribution in [2.45, 2.75) is 49.4 Å². The molecule has 1 amide bonds. The van der Waals surface area contributed by atoms with E-state index in [2.05, 4.69) is 11.6 Å². The first kappa shape index (κ1) is 15.4. The smallest absolute Gasteiger partial charge is 0.220 e. The van der Waals surface area contributed by atoms with Gasteiger partial charge in [0.2, 0.25) is 5.91 Å². The SMILES string of the molecule is CSC1CCC(NC(=O)CCC(N)c2ccccc2)C1. The van der Waals surface area contributed by atoms with Crippen molar-refractivity contribution in [2.75, 3.05) is 6.26 Å². The molecule has 1 aliphatic rings. The lowest BCUT2D eigenvalue weighted by Gasteiger charge is -2.15. The average Bonchev–Trinajstić information content (AvgIpc) is 2.93. The van der Waals surface area contributed by atoms with Crippen molar-refractivity contribution in [2.24, 2.45) is 5.73 Å². The van der Waals surface area contributed by atoms with Crippen molar-refractivity contribution in [1.29, 1.82) is 0 Å². The van der Waals surface area contributed by atoms with E-state index in [0.29, 0.717) is 24.1 Å². The third kappa shape index (κ3) is 4.53. The summed E-state index contributed by atoms with van der Waals surface area (Å²) < 4.78 is 0. The number of nitrogens with two attached hydrogens (primary N) is 1. The van der Waals surface area contributed by atoms with Crippen LogP contribution in [-0.4, -0.2) is 23.5 Å². The number of carbonyl (C=O) groups excluding carboxylic acids is 1. The number of hydrogen-bond acceptors (Lipinski definition) is 3. The molecular formula is C16H24N2OS. The summed E-state index contributed by atoms with van der Waals surface area (Å²) in [5, 5.41) is 3.86. The lowest BCUT2D eigenvalue weighted by Crippen LogP contribution is -2.33. The van der Waals surface area contributed by atoms with Crippen LogP contribution in [0.15, 0.2) is 30.3 Å². The van der Waals surface area contributed by atoms with Crippen molar-refractivity contribution < 1.29 is 4.79 Å².